The van der Waals surface area contributed by atoms with E-state index >= 15 is 0 Å². The number of aliphatic imine (C=N–C) groups is 1. The first-order valence-electron chi connectivity index (χ1n) is 7.53. The van der Waals surface area contributed by atoms with Gasteiger partial charge in [0, 0.05) is 18.1 Å². The summed E-state index contributed by atoms with van der Waals surface area (Å²) in [6.45, 7) is 4.35. The van der Waals surface area contributed by atoms with E-state index in [1.165, 1.54) is 6.20 Å². The minimum Gasteiger partial charge on any atom is -0.442 e. The highest BCUT2D eigenvalue weighted by atomic mass is 16.6. The number of nitrogens with zero attached hydrogens (tertiary/aromatic N) is 3. The average Bonchev–Trinajstić information content (AvgIpc) is 3.29. The summed E-state index contributed by atoms with van der Waals surface area (Å²) in [6.07, 6.45) is 4.46. The van der Waals surface area contributed by atoms with Crippen molar-refractivity contribution >= 4 is 18.5 Å². The van der Waals surface area contributed by atoms with Crippen LogP contribution in [0.15, 0.2) is 41.7 Å². The molecule has 1 aliphatic heterocycles. The van der Waals surface area contributed by atoms with Gasteiger partial charge in [-0.05, 0) is 37.3 Å². The number of hydrogen-bond donors (Lipinski definition) is 1. The maximum absolute atomic E-state index is 12.0. The van der Waals surface area contributed by atoms with E-state index in [0.29, 0.717) is 13.1 Å². The zero-order valence-corrected chi connectivity index (χ0v) is 12.7. The summed E-state index contributed by atoms with van der Waals surface area (Å²) in [5, 5.41) is 12.2. The highest BCUT2D eigenvalue weighted by Gasteiger charge is 2.44. The Morgan fingerprint density at radius 2 is 2.22 bits per heavy atom. The third-order valence-electron chi connectivity index (χ3n) is 4.21. The molecule has 23 heavy (non-hydrogen) atoms. The average molecular weight is 310 g/mol. The van der Waals surface area contributed by atoms with E-state index in [2.05, 4.69) is 23.1 Å². The molecule has 1 aliphatic carbocycles. The molecular weight excluding hydrogens is 292 g/mol. The summed E-state index contributed by atoms with van der Waals surface area (Å²) < 4.78 is 5.33. The van der Waals surface area contributed by atoms with Crippen LogP contribution >= 0.6 is 0 Å². The summed E-state index contributed by atoms with van der Waals surface area (Å²) in [5.41, 5.74) is 1.51. The normalized spacial score (nSPS) is 21.8. The Labute approximate surface area is 135 Å². The number of carbonyl (C=O) groups excluding carboxylic acids is 1. The van der Waals surface area contributed by atoms with Gasteiger partial charge in [-0.15, -0.1) is 0 Å². The zero-order valence-electron chi connectivity index (χ0n) is 12.7. The quantitative estimate of drug-likeness (QED) is 0.818. The maximum Gasteiger partial charge on any atom is 0.414 e. The third kappa shape index (κ3) is 3.04. The van der Waals surface area contributed by atoms with Crippen LogP contribution in [0, 0.1) is 11.3 Å². The van der Waals surface area contributed by atoms with Gasteiger partial charge in [-0.2, -0.15) is 5.26 Å². The highest BCUT2D eigenvalue weighted by molar-refractivity contribution is 5.89. The van der Waals surface area contributed by atoms with Crippen LogP contribution < -0.4 is 10.2 Å². The Morgan fingerprint density at radius 1 is 1.48 bits per heavy atom. The van der Waals surface area contributed by atoms with Crippen molar-refractivity contribution in [1.29, 1.82) is 5.26 Å². The Morgan fingerprint density at radius 3 is 2.83 bits per heavy atom. The summed E-state index contributed by atoms with van der Waals surface area (Å²) in [5.74, 6) is 0. The topological polar surface area (TPSA) is 77.7 Å². The van der Waals surface area contributed by atoms with Gasteiger partial charge in [0.05, 0.1) is 24.6 Å². The second-order valence-electron chi connectivity index (χ2n) is 5.76. The van der Waals surface area contributed by atoms with E-state index in [1.54, 1.807) is 11.1 Å². The van der Waals surface area contributed by atoms with Crippen molar-refractivity contribution in [2.75, 3.05) is 18.0 Å². The zero-order chi connectivity index (χ0) is 16.3. The molecule has 3 rings (SSSR count). The molecule has 1 heterocycles. The third-order valence-corrected chi connectivity index (χ3v) is 4.21. The molecule has 1 saturated carbocycles. The summed E-state index contributed by atoms with van der Waals surface area (Å²) in [4.78, 5) is 17.2. The van der Waals surface area contributed by atoms with Crippen LogP contribution in [0.2, 0.25) is 0 Å². The first-order chi connectivity index (χ1) is 11.2. The molecule has 2 fully saturated rings. The fourth-order valence-corrected chi connectivity index (χ4v) is 2.69. The van der Waals surface area contributed by atoms with Gasteiger partial charge in [0.25, 0.3) is 0 Å². The van der Waals surface area contributed by atoms with Crippen molar-refractivity contribution in [1.82, 2.24) is 5.32 Å². The van der Waals surface area contributed by atoms with Gasteiger partial charge in [0.15, 0.2) is 0 Å². The SMILES string of the molecule is C=N/C=C\NCC1CN(c2ccc(C3(C#N)CC3)cc2)C(=O)O1. The minimum absolute atomic E-state index is 0.217. The van der Waals surface area contributed by atoms with Crippen molar-refractivity contribution in [3.8, 4) is 6.07 Å². The first kappa shape index (κ1) is 15.1. The lowest BCUT2D eigenvalue weighted by atomic mass is 9.97. The predicted octanol–water partition coefficient (Wildman–Crippen LogP) is 2.33. The van der Waals surface area contributed by atoms with Crippen molar-refractivity contribution in [3.63, 3.8) is 0 Å². The molecule has 1 N–H and O–H groups in total. The van der Waals surface area contributed by atoms with Gasteiger partial charge in [-0.3, -0.25) is 9.89 Å². The summed E-state index contributed by atoms with van der Waals surface area (Å²) in [6, 6.07) is 10.0. The fourth-order valence-electron chi connectivity index (χ4n) is 2.69. The molecular formula is C17H18N4O2. The number of hydrogen-bond acceptors (Lipinski definition) is 5. The molecule has 6 heteroatoms. The van der Waals surface area contributed by atoms with Gasteiger partial charge in [0.1, 0.15) is 6.10 Å². The van der Waals surface area contributed by atoms with Gasteiger partial charge in [-0.25, -0.2) is 4.79 Å². The molecule has 6 nitrogen and oxygen atoms in total. The molecule has 118 valence electrons. The lowest BCUT2D eigenvalue weighted by molar-refractivity contribution is 0.142. The summed E-state index contributed by atoms with van der Waals surface area (Å²) in [7, 11) is 0. The van der Waals surface area contributed by atoms with Crippen molar-refractivity contribution in [2.24, 2.45) is 4.99 Å². The molecule has 0 spiro atoms. The van der Waals surface area contributed by atoms with Crippen LogP contribution in [0.3, 0.4) is 0 Å². The Kier molecular flexibility index (Phi) is 4.02. The van der Waals surface area contributed by atoms with Gasteiger partial charge < -0.3 is 10.1 Å². The second-order valence-corrected chi connectivity index (χ2v) is 5.76. The van der Waals surface area contributed by atoms with Crippen LogP contribution in [0.1, 0.15) is 18.4 Å². The van der Waals surface area contributed by atoms with Crippen molar-refractivity contribution < 1.29 is 9.53 Å². The molecule has 1 aromatic carbocycles. The van der Waals surface area contributed by atoms with Crippen molar-refractivity contribution in [3.05, 3.63) is 42.2 Å². The molecule has 1 aromatic rings. The monoisotopic (exact) mass is 310 g/mol. The van der Waals surface area contributed by atoms with Crippen LogP contribution in [0.5, 0.6) is 0 Å². The molecule has 0 aromatic heterocycles. The van der Waals surface area contributed by atoms with E-state index in [-0.39, 0.29) is 17.6 Å². The molecule has 1 atom stereocenters. The standard InChI is InChI=1S/C17H18N4O2/c1-19-8-9-20-10-15-11-21(16(22)23-15)14-4-2-13(3-5-14)17(12-18)6-7-17/h2-5,8-9,15,20H,1,6-7,10-11H2/b9-8-. The first-order valence-corrected chi connectivity index (χ1v) is 7.53. The number of cyclic esters (lactones) is 1. The van der Waals surface area contributed by atoms with Gasteiger partial charge >= 0.3 is 6.09 Å². The van der Waals surface area contributed by atoms with E-state index < -0.39 is 0 Å². The van der Waals surface area contributed by atoms with E-state index in [4.69, 9.17) is 4.74 Å². The van der Waals surface area contributed by atoms with Crippen LogP contribution in [-0.4, -0.2) is 32.0 Å². The van der Waals surface area contributed by atoms with Crippen LogP contribution in [0.4, 0.5) is 10.5 Å². The molecule has 2 aliphatic rings. The summed E-state index contributed by atoms with van der Waals surface area (Å²) >= 11 is 0. The fraction of sp³-hybridized carbons (Fsp3) is 0.353. The predicted molar refractivity (Wildman–Crippen MR) is 87.3 cm³/mol. The Hall–Kier alpha value is -2.81. The largest absolute Gasteiger partial charge is 0.442 e. The number of benzene rings is 1. The number of amides is 1. The van der Waals surface area contributed by atoms with Gasteiger partial charge in [0.2, 0.25) is 0 Å². The second kappa shape index (κ2) is 6.13. The maximum atomic E-state index is 12.0. The lowest BCUT2D eigenvalue weighted by Crippen LogP contribution is -2.28. The smallest absolute Gasteiger partial charge is 0.414 e. The number of rotatable bonds is 6. The van der Waals surface area contributed by atoms with Crippen LogP contribution in [0.25, 0.3) is 0 Å². The molecule has 1 unspecified atom stereocenters. The molecule has 0 bridgehead atoms. The highest BCUT2D eigenvalue weighted by Crippen LogP contribution is 2.47. The van der Waals surface area contributed by atoms with Crippen molar-refractivity contribution in [2.45, 2.75) is 24.4 Å². The number of ether oxygens (including phenoxy) is 1. The number of nitriles is 1. The Balaban J connectivity index is 1.63. The minimum atomic E-state index is -0.350. The number of anilines is 1. The molecule has 1 amide bonds. The number of carbonyl (C=O) groups is 1. The number of nitrogens with one attached hydrogen (secondary N) is 1. The molecule has 0 radical (unpaired) electrons. The van der Waals surface area contributed by atoms with E-state index in [9.17, 15) is 10.1 Å². The van der Waals surface area contributed by atoms with E-state index in [1.807, 2.05) is 24.3 Å². The Bertz CT molecular complexity index is 671. The molecule has 1 saturated heterocycles. The van der Waals surface area contributed by atoms with Gasteiger partial charge in [-0.1, -0.05) is 12.1 Å². The van der Waals surface area contributed by atoms with Crippen LogP contribution in [-0.2, 0) is 10.2 Å². The van der Waals surface area contributed by atoms with E-state index in [0.717, 1.165) is 24.1 Å². The lowest BCUT2D eigenvalue weighted by Gasteiger charge is -2.14.